The van der Waals surface area contributed by atoms with Crippen molar-refractivity contribution in [1.29, 1.82) is 5.26 Å². The van der Waals surface area contributed by atoms with E-state index in [2.05, 4.69) is 21.6 Å². The molecule has 0 aromatic heterocycles. The minimum Gasteiger partial charge on any atom is -0.345 e. The fourth-order valence-corrected chi connectivity index (χ4v) is 1.54. The Hall–Kier alpha value is -1.80. The van der Waals surface area contributed by atoms with E-state index >= 15 is 0 Å². The molecule has 2 N–H and O–H groups in total. The van der Waals surface area contributed by atoms with Gasteiger partial charge in [0.05, 0.1) is 25.0 Å². The van der Waals surface area contributed by atoms with Crippen molar-refractivity contribution in [2.75, 3.05) is 18.2 Å². The van der Waals surface area contributed by atoms with Crippen molar-refractivity contribution in [3.8, 4) is 6.07 Å². The molecule has 4 nitrogen and oxygen atoms in total. The predicted octanol–water partition coefficient (Wildman–Crippen LogP) is 0.757. The van der Waals surface area contributed by atoms with Crippen LogP contribution in [0.5, 0.6) is 0 Å². The lowest BCUT2D eigenvalue weighted by Crippen LogP contribution is -2.54. The first-order valence-corrected chi connectivity index (χ1v) is 4.97. The first-order chi connectivity index (χ1) is 7.29. The summed E-state index contributed by atoms with van der Waals surface area (Å²) in [5, 5.41) is 15.5. The monoisotopic (exact) mass is 218 g/mol. The molecule has 76 valence electrons. The number of nitriles is 1. The Morgan fingerprint density at radius 2 is 2.07 bits per heavy atom. The largest absolute Gasteiger partial charge is 0.345 e. The summed E-state index contributed by atoms with van der Waals surface area (Å²) in [5.41, 5.74) is 1.68. The van der Waals surface area contributed by atoms with Gasteiger partial charge in [0.1, 0.15) is 0 Å². The number of hydrogen-bond donors (Lipinski definition) is 2. The molecule has 0 aliphatic carbocycles. The lowest BCUT2D eigenvalue weighted by Gasteiger charge is -2.31. The maximum absolute atomic E-state index is 8.78. The van der Waals surface area contributed by atoms with Gasteiger partial charge in [0.15, 0.2) is 5.11 Å². The van der Waals surface area contributed by atoms with Crippen molar-refractivity contribution in [1.82, 2.24) is 10.6 Å². The minimum atomic E-state index is 0.667. The number of benzene rings is 1. The molecule has 1 aromatic rings. The average molecular weight is 218 g/mol. The summed E-state index contributed by atoms with van der Waals surface area (Å²) >= 11 is 4.96. The van der Waals surface area contributed by atoms with Crippen molar-refractivity contribution in [3.63, 3.8) is 0 Å². The highest BCUT2D eigenvalue weighted by atomic mass is 32.1. The molecule has 0 atom stereocenters. The third-order valence-corrected chi connectivity index (χ3v) is 2.49. The first-order valence-electron chi connectivity index (χ1n) is 4.56. The van der Waals surface area contributed by atoms with Crippen molar-refractivity contribution < 1.29 is 0 Å². The van der Waals surface area contributed by atoms with Gasteiger partial charge in [-0.1, -0.05) is 6.07 Å². The Bertz CT molecular complexity index is 414. The summed E-state index contributed by atoms with van der Waals surface area (Å²) in [7, 11) is 0. The van der Waals surface area contributed by atoms with Gasteiger partial charge in [-0.3, -0.25) is 0 Å². The second-order valence-corrected chi connectivity index (χ2v) is 3.61. The van der Waals surface area contributed by atoms with E-state index in [0.29, 0.717) is 24.0 Å². The molecule has 1 aliphatic rings. The van der Waals surface area contributed by atoms with E-state index in [4.69, 9.17) is 17.5 Å². The van der Waals surface area contributed by atoms with Crippen LogP contribution in [0.25, 0.3) is 0 Å². The third kappa shape index (κ3) is 2.17. The molecule has 1 heterocycles. The van der Waals surface area contributed by atoms with Crippen LogP contribution < -0.4 is 15.5 Å². The topological polar surface area (TPSA) is 51.1 Å². The molecule has 1 fully saturated rings. The number of nitrogens with one attached hydrogen (secondary N) is 2. The average Bonchev–Trinajstić information content (AvgIpc) is 2.30. The van der Waals surface area contributed by atoms with E-state index < -0.39 is 0 Å². The second-order valence-electron chi connectivity index (χ2n) is 3.20. The van der Waals surface area contributed by atoms with Crippen LogP contribution in [0.3, 0.4) is 0 Å². The Balaban J connectivity index is 2.16. The zero-order valence-electron chi connectivity index (χ0n) is 8.03. The van der Waals surface area contributed by atoms with E-state index in [0.717, 1.165) is 5.69 Å². The number of nitrogens with zero attached hydrogens (tertiary/aromatic N) is 2. The maximum atomic E-state index is 8.78. The Morgan fingerprint density at radius 1 is 1.33 bits per heavy atom. The highest BCUT2D eigenvalue weighted by Gasteiger charge is 2.12. The van der Waals surface area contributed by atoms with Gasteiger partial charge in [0.2, 0.25) is 0 Å². The van der Waals surface area contributed by atoms with Crippen molar-refractivity contribution in [2.24, 2.45) is 0 Å². The van der Waals surface area contributed by atoms with Crippen LogP contribution in [0.1, 0.15) is 5.56 Å². The SMILES string of the molecule is N#Cc1cccc(N2CNC(=S)NC2)c1. The number of rotatable bonds is 1. The van der Waals surface area contributed by atoms with Gasteiger partial charge >= 0.3 is 0 Å². The van der Waals surface area contributed by atoms with Gasteiger partial charge in [-0.15, -0.1) is 0 Å². The zero-order chi connectivity index (χ0) is 10.7. The van der Waals surface area contributed by atoms with Crippen LogP contribution in [0.4, 0.5) is 5.69 Å². The minimum absolute atomic E-state index is 0.667. The molecule has 0 saturated carbocycles. The van der Waals surface area contributed by atoms with Gasteiger partial charge < -0.3 is 15.5 Å². The lowest BCUT2D eigenvalue weighted by atomic mass is 10.2. The summed E-state index contributed by atoms with van der Waals surface area (Å²) in [6.07, 6.45) is 0. The summed E-state index contributed by atoms with van der Waals surface area (Å²) in [6.45, 7) is 1.33. The molecule has 5 heteroatoms. The molecule has 0 radical (unpaired) electrons. The Morgan fingerprint density at radius 3 is 2.73 bits per heavy atom. The standard InChI is InChI=1S/C10H10N4S/c11-5-8-2-1-3-9(4-8)14-6-12-10(15)13-7-14/h1-4H,6-7H2,(H2,12,13,15). The smallest absolute Gasteiger partial charge is 0.169 e. The fraction of sp³-hybridized carbons (Fsp3) is 0.200. The Labute approximate surface area is 93.5 Å². The summed E-state index contributed by atoms with van der Waals surface area (Å²) < 4.78 is 0. The van der Waals surface area contributed by atoms with Crippen LogP contribution in [0.2, 0.25) is 0 Å². The Kier molecular flexibility index (Phi) is 2.70. The van der Waals surface area contributed by atoms with E-state index in [9.17, 15) is 0 Å². The molecule has 0 bridgehead atoms. The van der Waals surface area contributed by atoms with Crippen molar-refractivity contribution in [3.05, 3.63) is 29.8 Å². The molecule has 0 amide bonds. The van der Waals surface area contributed by atoms with Gasteiger partial charge in [-0.25, -0.2) is 0 Å². The van der Waals surface area contributed by atoms with Crippen molar-refractivity contribution in [2.45, 2.75) is 0 Å². The summed E-state index contributed by atoms with van der Waals surface area (Å²) in [5.74, 6) is 0. The quantitative estimate of drug-likeness (QED) is 0.681. The molecule has 1 aliphatic heterocycles. The molecular formula is C10H10N4S. The van der Waals surface area contributed by atoms with E-state index in [-0.39, 0.29) is 0 Å². The predicted molar refractivity (Wildman–Crippen MR) is 62.2 cm³/mol. The van der Waals surface area contributed by atoms with Crippen LogP contribution >= 0.6 is 12.2 Å². The molecule has 1 saturated heterocycles. The summed E-state index contributed by atoms with van der Waals surface area (Å²) in [6, 6.07) is 9.62. The first kappa shape index (κ1) is 9.74. The highest BCUT2D eigenvalue weighted by Crippen LogP contribution is 2.15. The van der Waals surface area contributed by atoms with Gasteiger partial charge in [-0.2, -0.15) is 5.26 Å². The molecule has 15 heavy (non-hydrogen) atoms. The molecule has 0 spiro atoms. The normalized spacial score (nSPS) is 15.1. The molecule has 0 unspecified atom stereocenters. The van der Waals surface area contributed by atoms with Crippen LogP contribution in [-0.4, -0.2) is 18.4 Å². The molecule has 2 rings (SSSR count). The van der Waals surface area contributed by atoms with Crippen LogP contribution in [0, 0.1) is 11.3 Å². The number of anilines is 1. The van der Waals surface area contributed by atoms with Crippen molar-refractivity contribution >= 4 is 23.0 Å². The lowest BCUT2D eigenvalue weighted by molar-refractivity contribution is 0.672. The molecular weight excluding hydrogens is 208 g/mol. The third-order valence-electron chi connectivity index (χ3n) is 2.20. The van der Waals surface area contributed by atoms with E-state index in [1.165, 1.54) is 0 Å². The maximum Gasteiger partial charge on any atom is 0.169 e. The second kappa shape index (κ2) is 4.15. The summed E-state index contributed by atoms with van der Waals surface area (Å²) in [4.78, 5) is 2.07. The van der Waals surface area contributed by atoms with Crippen LogP contribution in [0.15, 0.2) is 24.3 Å². The van der Waals surface area contributed by atoms with E-state index in [1.54, 1.807) is 6.07 Å². The number of hydrogen-bond acceptors (Lipinski definition) is 3. The van der Waals surface area contributed by atoms with Crippen LogP contribution in [-0.2, 0) is 0 Å². The van der Waals surface area contributed by atoms with Gasteiger partial charge in [0.25, 0.3) is 0 Å². The molecule has 1 aromatic carbocycles. The van der Waals surface area contributed by atoms with Gasteiger partial charge in [-0.05, 0) is 30.4 Å². The fourth-order valence-electron chi connectivity index (χ4n) is 1.41. The van der Waals surface area contributed by atoms with Gasteiger partial charge in [0, 0.05) is 5.69 Å². The number of thiocarbonyl (C=S) groups is 1. The zero-order valence-corrected chi connectivity index (χ0v) is 8.84. The highest BCUT2D eigenvalue weighted by molar-refractivity contribution is 7.80. The van der Waals surface area contributed by atoms with E-state index in [1.807, 2.05) is 18.2 Å².